The highest BCUT2D eigenvalue weighted by Gasteiger charge is 2.46. The Morgan fingerprint density at radius 3 is 2.63 bits per heavy atom. The molecule has 2 aliphatic rings. The monoisotopic (exact) mass is 377 g/mol. The summed E-state index contributed by atoms with van der Waals surface area (Å²) in [5, 5.41) is 3.49. The number of piperidine rings is 1. The molecule has 0 atom stereocenters. The molecule has 1 aromatic rings. The van der Waals surface area contributed by atoms with E-state index in [1.807, 2.05) is 19.2 Å². The average molecular weight is 378 g/mol. The van der Waals surface area contributed by atoms with E-state index in [9.17, 15) is 4.39 Å². The summed E-state index contributed by atoms with van der Waals surface area (Å²) < 4.78 is 25.2. The number of hydrogen-bond acceptors (Lipinski definition) is 3. The van der Waals surface area contributed by atoms with E-state index in [4.69, 9.17) is 9.47 Å². The minimum atomic E-state index is -0.0989. The molecule has 1 N–H and O–H groups in total. The fraction of sp³-hybridized carbons (Fsp3) is 0.667. The fourth-order valence-corrected chi connectivity index (χ4v) is 3.85. The molecule has 1 aliphatic carbocycles. The topological polar surface area (TPSA) is 46.1 Å². The number of rotatable bonds is 8. The second-order valence-electron chi connectivity index (χ2n) is 7.56. The van der Waals surface area contributed by atoms with Gasteiger partial charge < -0.3 is 19.7 Å². The van der Waals surface area contributed by atoms with E-state index in [0.29, 0.717) is 6.10 Å². The first-order valence-corrected chi connectivity index (χ1v) is 10.00. The van der Waals surface area contributed by atoms with Crippen LogP contribution in [0.5, 0.6) is 0 Å². The highest BCUT2D eigenvalue weighted by Crippen LogP contribution is 2.48. The minimum absolute atomic E-state index is 0.0793. The number of guanidine groups is 1. The lowest BCUT2D eigenvalue weighted by molar-refractivity contribution is 0.00989. The van der Waals surface area contributed by atoms with Crippen LogP contribution in [0.1, 0.15) is 37.7 Å². The fourth-order valence-electron chi connectivity index (χ4n) is 3.85. The summed E-state index contributed by atoms with van der Waals surface area (Å²) in [6.07, 6.45) is 5.32. The molecule has 27 heavy (non-hydrogen) atoms. The van der Waals surface area contributed by atoms with Crippen LogP contribution in [0, 0.1) is 5.82 Å². The van der Waals surface area contributed by atoms with Crippen LogP contribution in [0.4, 0.5) is 4.39 Å². The number of aliphatic imine (C=N–C) groups is 1. The summed E-state index contributed by atoms with van der Waals surface area (Å²) in [6.45, 7) is 4.10. The van der Waals surface area contributed by atoms with Gasteiger partial charge >= 0.3 is 0 Å². The number of nitrogens with one attached hydrogen (secondary N) is 1. The summed E-state index contributed by atoms with van der Waals surface area (Å²) in [4.78, 5) is 6.73. The van der Waals surface area contributed by atoms with Gasteiger partial charge in [0.15, 0.2) is 5.96 Å². The predicted molar refractivity (Wildman–Crippen MR) is 106 cm³/mol. The number of benzene rings is 1. The maximum absolute atomic E-state index is 14.2. The Hall–Kier alpha value is -1.66. The second kappa shape index (κ2) is 9.51. The van der Waals surface area contributed by atoms with Crippen molar-refractivity contribution in [1.82, 2.24) is 10.2 Å². The summed E-state index contributed by atoms with van der Waals surface area (Å²) in [5.74, 6) is 0.814. The van der Waals surface area contributed by atoms with Gasteiger partial charge in [-0.25, -0.2) is 4.39 Å². The molecule has 3 rings (SSSR count). The molecular weight excluding hydrogens is 345 g/mol. The molecule has 0 amide bonds. The van der Waals surface area contributed by atoms with Crippen molar-refractivity contribution < 1.29 is 13.9 Å². The second-order valence-corrected chi connectivity index (χ2v) is 7.56. The molecule has 1 saturated heterocycles. The molecule has 0 radical (unpaired) electrons. The van der Waals surface area contributed by atoms with Crippen LogP contribution in [0.2, 0.25) is 0 Å². The first-order chi connectivity index (χ1) is 13.2. The van der Waals surface area contributed by atoms with E-state index in [1.165, 1.54) is 0 Å². The Kier molecular flexibility index (Phi) is 7.07. The van der Waals surface area contributed by atoms with Gasteiger partial charge in [-0.1, -0.05) is 18.2 Å². The van der Waals surface area contributed by atoms with Gasteiger partial charge in [-0.3, -0.25) is 4.99 Å². The average Bonchev–Trinajstić information content (AvgIpc) is 3.48. The van der Waals surface area contributed by atoms with Gasteiger partial charge in [0.25, 0.3) is 0 Å². The van der Waals surface area contributed by atoms with Gasteiger partial charge in [-0.2, -0.15) is 0 Å². The van der Waals surface area contributed by atoms with Crippen molar-refractivity contribution in [3.8, 4) is 0 Å². The Morgan fingerprint density at radius 2 is 2.00 bits per heavy atom. The van der Waals surface area contributed by atoms with Gasteiger partial charge in [-0.05, 0) is 43.7 Å². The lowest BCUT2D eigenvalue weighted by atomic mass is 9.95. The summed E-state index contributed by atoms with van der Waals surface area (Å²) >= 11 is 0. The van der Waals surface area contributed by atoms with E-state index in [2.05, 4.69) is 15.2 Å². The normalized spacial score (nSPS) is 20.0. The number of nitrogens with zero attached hydrogens (tertiary/aromatic N) is 2. The third kappa shape index (κ3) is 5.20. The molecule has 6 heteroatoms. The van der Waals surface area contributed by atoms with E-state index in [-0.39, 0.29) is 11.2 Å². The molecule has 0 aromatic heterocycles. The van der Waals surface area contributed by atoms with E-state index in [1.54, 1.807) is 19.2 Å². The Bertz CT molecular complexity index is 626. The van der Waals surface area contributed by atoms with Crippen LogP contribution in [-0.2, 0) is 14.9 Å². The number of hydrogen-bond donors (Lipinski definition) is 1. The standard InChI is InChI=1S/C21H32FN3O2/c1-23-20(25-12-8-17(9-13-25)27-15-5-14-26-2)24-16-21(10-11-21)18-6-3-4-7-19(18)22/h3-4,6-7,17H,5,8-16H2,1-2H3,(H,23,24). The van der Waals surface area contributed by atoms with Crippen LogP contribution in [0.15, 0.2) is 29.3 Å². The largest absolute Gasteiger partial charge is 0.385 e. The first-order valence-electron chi connectivity index (χ1n) is 10.00. The van der Waals surface area contributed by atoms with Crippen molar-refractivity contribution in [1.29, 1.82) is 0 Å². The Balaban J connectivity index is 1.46. The van der Waals surface area contributed by atoms with Gasteiger partial charge in [0.1, 0.15) is 5.82 Å². The summed E-state index contributed by atoms with van der Waals surface area (Å²) in [6, 6.07) is 7.15. The zero-order valence-electron chi connectivity index (χ0n) is 16.5. The molecule has 1 aromatic carbocycles. The van der Waals surface area contributed by atoms with Crippen molar-refractivity contribution in [2.45, 2.75) is 43.6 Å². The predicted octanol–water partition coefficient (Wildman–Crippen LogP) is 2.95. The van der Waals surface area contributed by atoms with Crippen LogP contribution >= 0.6 is 0 Å². The molecule has 1 aliphatic heterocycles. The number of likely N-dealkylation sites (tertiary alicyclic amines) is 1. The molecule has 1 saturated carbocycles. The van der Waals surface area contributed by atoms with Crippen LogP contribution < -0.4 is 5.32 Å². The highest BCUT2D eigenvalue weighted by molar-refractivity contribution is 5.80. The van der Waals surface area contributed by atoms with Crippen molar-refractivity contribution >= 4 is 5.96 Å². The minimum Gasteiger partial charge on any atom is -0.385 e. The SMILES string of the molecule is CN=C(NCC1(c2ccccc2F)CC1)N1CCC(OCCCOC)CC1. The van der Waals surface area contributed by atoms with Crippen molar-refractivity contribution in [3.05, 3.63) is 35.6 Å². The maximum atomic E-state index is 14.2. The maximum Gasteiger partial charge on any atom is 0.193 e. The van der Waals surface area contributed by atoms with Crippen LogP contribution in [-0.4, -0.2) is 64.0 Å². The van der Waals surface area contributed by atoms with Crippen LogP contribution in [0.3, 0.4) is 0 Å². The number of ether oxygens (including phenoxy) is 2. The summed E-state index contributed by atoms with van der Waals surface area (Å²) in [5.41, 5.74) is 0.750. The van der Waals surface area contributed by atoms with Gasteiger partial charge in [0.2, 0.25) is 0 Å². The molecule has 0 bridgehead atoms. The molecule has 150 valence electrons. The zero-order chi connectivity index (χ0) is 19.1. The van der Waals surface area contributed by atoms with Crippen LogP contribution in [0.25, 0.3) is 0 Å². The van der Waals surface area contributed by atoms with E-state index < -0.39 is 0 Å². The first kappa shape index (κ1) is 20.1. The Morgan fingerprint density at radius 1 is 1.26 bits per heavy atom. The summed E-state index contributed by atoms with van der Waals surface area (Å²) in [7, 11) is 3.54. The lowest BCUT2D eigenvalue weighted by Gasteiger charge is -2.34. The molecule has 5 nitrogen and oxygen atoms in total. The molecule has 0 unspecified atom stereocenters. The zero-order valence-corrected chi connectivity index (χ0v) is 16.5. The molecule has 0 spiro atoms. The quantitative estimate of drug-likeness (QED) is 0.430. The van der Waals surface area contributed by atoms with E-state index in [0.717, 1.165) is 76.5 Å². The van der Waals surface area contributed by atoms with E-state index >= 15 is 0 Å². The Labute approximate surface area is 161 Å². The van der Waals surface area contributed by atoms with Crippen molar-refractivity contribution in [2.75, 3.05) is 47.0 Å². The number of halogens is 1. The molecule has 1 heterocycles. The van der Waals surface area contributed by atoms with Gasteiger partial charge in [0, 0.05) is 52.4 Å². The van der Waals surface area contributed by atoms with Gasteiger partial charge in [0.05, 0.1) is 6.10 Å². The lowest BCUT2D eigenvalue weighted by Crippen LogP contribution is -2.48. The number of methoxy groups -OCH3 is 1. The van der Waals surface area contributed by atoms with Crippen molar-refractivity contribution in [3.63, 3.8) is 0 Å². The van der Waals surface area contributed by atoms with Crippen molar-refractivity contribution in [2.24, 2.45) is 4.99 Å². The highest BCUT2D eigenvalue weighted by atomic mass is 19.1. The molecule has 2 fully saturated rings. The third-order valence-electron chi connectivity index (χ3n) is 5.68. The molecular formula is C21H32FN3O2. The third-order valence-corrected chi connectivity index (χ3v) is 5.68. The smallest absolute Gasteiger partial charge is 0.193 e. The van der Waals surface area contributed by atoms with Gasteiger partial charge in [-0.15, -0.1) is 0 Å².